The number of aromatic nitrogens is 2. The number of aryl methyl sites for hydroxylation is 1. The topological polar surface area (TPSA) is 75.4 Å². The maximum atomic E-state index is 12.7. The van der Waals surface area contributed by atoms with Crippen LogP contribution >= 0.6 is 0 Å². The van der Waals surface area contributed by atoms with Gasteiger partial charge < -0.3 is 10.0 Å². The van der Waals surface area contributed by atoms with Crippen LogP contribution in [0.5, 0.6) is 0 Å². The molecular weight excluding hydrogens is 294 g/mol. The molecule has 1 unspecified atom stereocenters. The summed E-state index contributed by atoms with van der Waals surface area (Å²) in [5.41, 5.74) is 1.70. The van der Waals surface area contributed by atoms with Crippen molar-refractivity contribution in [3.8, 4) is 0 Å². The molecule has 1 aliphatic carbocycles. The van der Waals surface area contributed by atoms with Crippen LogP contribution in [0.15, 0.2) is 16.9 Å². The minimum Gasteiger partial charge on any atom is -0.392 e. The van der Waals surface area contributed by atoms with Gasteiger partial charge in [-0.25, -0.2) is 4.98 Å². The molecule has 0 amide bonds. The highest BCUT2D eigenvalue weighted by Crippen LogP contribution is 2.46. The molecule has 0 bridgehead atoms. The first-order valence-corrected chi connectivity index (χ1v) is 7.84. The van der Waals surface area contributed by atoms with E-state index < -0.39 is 0 Å². The molecule has 23 heavy (non-hydrogen) atoms. The van der Waals surface area contributed by atoms with Gasteiger partial charge in [0.1, 0.15) is 0 Å². The Morgan fingerprint density at radius 3 is 2.57 bits per heavy atom. The quantitative estimate of drug-likeness (QED) is 0.833. The smallest absolute Gasteiger partial charge is 0.262 e. The Morgan fingerprint density at radius 1 is 1.30 bits per heavy atom. The second kappa shape index (κ2) is 4.64. The predicted octanol–water partition coefficient (Wildman–Crippen LogP) is 0.871. The highest BCUT2D eigenvalue weighted by Gasteiger charge is 2.55. The second-order valence-electron chi connectivity index (χ2n) is 6.76. The maximum absolute atomic E-state index is 12.7. The normalized spacial score (nSPS) is 25.7. The third-order valence-electron chi connectivity index (χ3n) is 5.11. The number of aliphatic hydroxyl groups excluding tert-OH is 1. The molecule has 6 heteroatoms. The average Bonchev–Trinajstić information content (AvgIpc) is 2.93. The summed E-state index contributed by atoms with van der Waals surface area (Å²) in [7, 11) is 1.71. The van der Waals surface area contributed by atoms with Gasteiger partial charge in [-0.2, -0.15) is 0 Å². The minimum absolute atomic E-state index is 0.0925. The van der Waals surface area contributed by atoms with Crippen LogP contribution in [-0.2, 0) is 7.05 Å². The highest BCUT2D eigenvalue weighted by molar-refractivity contribution is 6.05. The first kappa shape index (κ1) is 14.4. The Hall–Kier alpha value is -2.21. The van der Waals surface area contributed by atoms with Crippen LogP contribution in [0.25, 0.3) is 10.9 Å². The molecule has 1 aliphatic heterocycles. The third kappa shape index (κ3) is 2.01. The van der Waals surface area contributed by atoms with E-state index in [2.05, 4.69) is 4.98 Å². The van der Waals surface area contributed by atoms with E-state index >= 15 is 0 Å². The van der Waals surface area contributed by atoms with Crippen molar-refractivity contribution in [1.82, 2.24) is 9.55 Å². The summed E-state index contributed by atoms with van der Waals surface area (Å²) in [6, 6.07) is 3.57. The number of nitrogens with zero attached hydrogens (tertiary/aromatic N) is 3. The van der Waals surface area contributed by atoms with Gasteiger partial charge in [-0.3, -0.25) is 14.2 Å². The summed E-state index contributed by atoms with van der Waals surface area (Å²) in [6.45, 7) is 4.78. The van der Waals surface area contributed by atoms with Crippen LogP contribution in [0.2, 0.25) is 0 Å². The summed E-state index contributed by atoms with van der Waals surface area (Å²) in [5, 5.41) is 10.2. The summed E-state index contributed by atoms with van der Waals surface area (Å²) in [4.78, 5) is 31.4. The zero-order valence-electron chi connectivity index (χ0n) is 13.4. The van der Waals surface area contributed by atoms with Crippen LogP contribution in [-0.4, -0.2) is 39.6 Å². The molecule has 0 radical (unpaired) electrons. The van der Waals surface area contributed by atoms with Crippen molar-refractivity contribution >= 4 is 22.6 Å². The van der Waals surface area contributed by atoms with Crippen LogP contribution in [0.1, 0.15) is 22.8 Å². The van der Waals surface area contributed by atoms with Crippen molar-refractivity contribution < 1.29 is 9.90 Å². The Labute approximate surface area is 133 Å². The molecule has 1 aromatic heterocycles. The monoisotopic (exact) mass is 313 g/mol. The number of carbonyl (C=O) groups excluding carboxylic acids is 1. The largest absolute Gasteiger partial charge is 0.392 e. The standard InChI is InChI=1S/C17H19N3O3/c1-8-4-10(9(2)21)14-11(5-8)16(23)19(3)17(18-14)20-6-12-13(7-20)15(12)22/h4-5,12-13,15,22H,6-7H2,1-3H3/t12-,13+,15?. The zero-order valence-corrected chi connectivity index (χ0v) is 13.4. The van der Waals surface area contributed by atoms with Gasteiger partial charge >= 0.3 is 0 Å². The van der Waals surface area contributed by atoms with E-state index in [1.807, 2.05) is 11.8 Å². The number of hydrogen-bond acceptors (Lipinski definition) is 5. The lowest BCUT2D eigenvalue weighted by molar-refractivity contribution is 0.101. The number of Topliss-reactive ketones (excluding diaryl/α,β-unsaturated/α-hetero) is 1. The Morgan fingerprint density at radius 2 is 1.96 bits per heavy atom. The Kier molecular flexibility index (Phi) is 2.90. The number of anilines is 1. The van der Waals surface area contributed by atoms with E-state index in [-0.39, 0.29) is 29.3 Å². The number of piperidine rings is 1. The number of benzene rings is 1. The van der Waals surface area contributed by atoms with Gasteiger partial charge in [0.2, 0.25) is 5.95 Å². The van der Waals surface area contributed by atoms with Crippen LogP contribution in [0.4, 0.5) is 5.95 Å². The SMILES string of the molecule is CC(=O)c1cc(C)cc2c(=O)n(C)c(N3C[C@@H]4C(O)[C@@H]4C3)nc12. The van der Waals surface area contributed by atoms with Crippen molar-refractivity contribution in [2.75, 3.05) is 18.0 Å². The summed E-state index contributed by atoms with van der Waals surface area (Å²) in [5.74, 6) is 1.05. The van der Waals surface area contributed by atoms with Crippen LogP contribution < -0.4 is 10.5 Å². The van der Waals surface area contributed by atoms with Crippen molar-refractivity contribution in [1.29, 1.82) is 0 Å². The first-order chi connectivity index (χ1) is 10.9. The number of carbonyl (C=O) groups is 1. The van der Waals surface area contributed by atoms with Gasteiger partial charge in [-0.05, 0) is 31.5 Å². The number of fused-ring (bicyclic) bond motifs is 2. The van der Waals surface area contributed by atoms with E-state index in [0.29, 0.717) is 35.5 Å². The molecular formula is C17H19N3O3. The van der Waals surface area contributed by atoms with E-state index in [9.17, 15) is 14.7 Å². The van der Waals surface area contributed by atoms with Gasteiger partial charge in [0.05, 0.1) is 17.0 Å². The summed E-state index contributed by atoms with van der Waals surface area (Å²) < 4.78 is 1.54. The van der Waals surface area contributed by atoms with Gasteiger partial charge in [0.25, 0.3) is 5.56 Å². The lowest BCUT2D eigenvalue weighted by Gasteiger charge is -2.23. The fourth-order valence-corrected chi connectivity index (χ4v) is 3.72. The molecule has 1 aromatic carbocycles. The molecule has 0 spiro atoms. The molecule has 2 fully saturated rings. The lowest BCUT2D eigenvalue weighted by atomic mass is 10.0. The van der Waals surface area contributed by atoms with Gasteiger partial charge in [0.15, 0.2) is 5.78 Å². The molecule has 2 aromatic rings. The zero-order chi connectivity index (χ0) is 16.5. The molecule has 2 aliphatic rings. The molecule has 2 heterocycles. The average molecular weight is 313 g/mol. The Bertz CT molecular complexity index is 890. The molecule has 1 N–H and O–H groups in total. The van der Waals surface area contributed by atoms with E-state index in [1.54, 1.807) is 23.7 Å². The molecule has 3 atom stereocenters. The molecule has 4 rings (SSSR count). The van der Waals surface area contributed by atoms with E-state index in [1.165, 1.54) is 6.92 Å². The Balaban J connectivity index is 1.91. The van der Waals surface area contributed by atoms with Crippen LogP contribution in [0.3, 0.4) is 0 Å². The van der Waals surface area contributed by atoms with Crippen molar-refractivity contribution in [3.63, 3.8) is 0 Å². The van der Waals surface area contributed by atoms with Crippen LogP contribution in [0, 0.1) is 18.8 Å². The fourth-order valence-electron chi connectivity index (χ4n) is 3.72. The number of ketones is 1. The predicted molar refractivity (Wildman–Crippen MR) is 86.9 cm³/mol. The molecule has 6 nitrogen and oxygen atoms in total. The van der Waals surface area contributed by atoms with Gasteiger partial charge in [-0.15, -0.1) is 0 Å². The molecule has 1 saturated heterocycles. The molecule has 120 valence electrons. The van der Waals surface area contributed by atoms with Gasteiger partial charge in [0, 0.05) is 37.5 Å². The lowest BCUT2D eigenvalue weighted by Crippen LogP contribution is -2.33. The van der Waals surface area contributed by atoms with E-state index in [0.717, 1.165) is 5.56 Å². The number of aliphatic hydroxyl groups is 1. The third-order valence-corrected chi connectivity index (χ3v) is 5.11. The first-order valence-electron chi connectivity index (χ1n) is 7.84. The van der Waals surface area contributed by atoms with Crippen molar-refractivity contribution in [3.05, 3.63) is 33.6 Å². The number of rotatable bonds is 2. The van der Waals surface area contributed by atoms with E-state index in [4.69, 9.17) is 0 Å². The summed E-state index contributed by atoms with van der Waals surface area (Å²) >= 11 is 0. The van der Waals surface area contributed by atoms with Gasteiger partial charge in [-0.1, -0.05) is 0 Å². The maximum Gasteiger partial charge on any atom is 0.262 e. The van der Waals surface area contributed by atoms with Crippen molar-refractivity contribution in [2.45, 2.75) is 20.0 Å². The highest BCUT2D eigenvalue weighted by atomic mass is 16.3. The number of hydrogen-bond donors (Lipinski definition) is 1. The van der Waals surface area contributed by atoms with Crippen molar-refractivity contribution in [2.24, 2.45) is 18.9 Å². The molecule has 1 saturated carbocycles. The second-order valence-corrected chi connectivity index (χ2v) is 6.76. The minimum atomic E-state index is -0.209. The summed E-state index contributed by atoms with van der Waals surface area (Å²) in [6.07, 6.45) is -0.209. The fraction of sp³-hybridized carbons (Fsp3) is 0.471.